The van der Waals surface area contributed by atoms with Crippen LogP contribution in [0.1, 0.15) is 5.56 Å². The van der Waals surface area contributed by atoms with Crippen molar-refractivity contribution in [2.75, 3.05) is 31.2 Å². The topological polar surface area (TPSA) is 67.9 Å². The maximum Gasteiger partial charge on any atom is 0.265 e. The Hall–Kier alpha value is -3.02. The van der Waals surface area contributed by atoms with Gasteiger partial charge in [0.1, 0.15) is 11.5 Å². The fourth-order valence-corrected chi connectivity index (χ4v) is 2.61. The molecule has 0 saturated carbocycles. The molecule has 2 amide bonds. The molecule has 0 aliphatic carbocycles. The zero-order valence-electron chi connectivity index (χ0n) is 14.0. The van der Waals surface area contributed by atoms with Crippen molar-refractivity contribution >= 4 is 17.5 Å². The molecule has 25 heavy (non-hydrogen) atoms. The number of amides is 2. The first-order valence-corrected chi connectivity index (χ1v) is 8.12. The minimum Gasteiger partial charge on any atom is -0.484 e. The van der Waals surface area contributed by atoms with Gasteiger partial charge in [-0.05, 0) is 36.8 Å². The third kappa shape index (κ3) is 4.29. The number of nitrogens with zero attached hydrogens (tertiary/aromatic N) is 1. The normalized spacial score (nSPS) is 13.0. The van der Waals surface area contributed by atoms with Gasteiger partial charge in [0, 0.05) is 13.1 Å². The van der Waals surface area contributed by atoms with Crippen molar-refractivity contribution < 1.29 is 19.1 Å². The summed E-state index contributed by atoms with van der Waals surface area (Å²) in [5, 5.41) is 2.77. The molecular weight excluding hydrogens is 320 g/mol. The Morgan fingerprint density at radius 3 is 2.92 bits per heavy atom. The van der Waals surface area contributed by atoms with E-state index in [1.165, 1.54) is 0 Å². The van der Waals surface area contributed by atoms with Crippen molar-refractivity contribution in [2.24, 2.45) is 0 Å². The number of hydrogen-bond acceptors (Lipinski definition) is 4. The van der Waals surface area contributed by atoms with E-state index in [1.807, 2.05) is 55.5 Å². The fourth-order valence-electron chi connectivity index (χ4n) is 2.61. The Morgan fingerprint density at radius 2 is 2.08 bits per heavy atom. The maximum absolute atomic E-state index is 12.0. The molecule has 6 nitrogen and oxygen atoms in total. The summed E-state index contributed by atoms with van der Waals surface area (Å²) in [5.74, 6) is 0.989. The quantitative estimate of drug-likeness (QED) is 0.872. The summed E-state index contributed by atoms with van der Waals surface area (Å²) >= 11 is 0. The number of aryl methyl sites for hydroxylation is 1. The first-order chi connectivity index (χ1) is 12.1. The largest absolute Gasteiger partial charge is 0.484 e. The van der Waals surface area contributed by atoms with Gasteiger partial charge in [-0.2, -0.15) is 0 Å². The molecule has 0 aromatic heterocycles. The summed E-state index contributed by atoms with van der Waals surface area (Å²) in [4.78, 5) is 25.6. The summed E-state index contributed by atoms with van der Waals surface area (Å²) < 4.78 is 10.8. The molecule has 1 aliphatic rings. The predicted molar refractivity (Wildman–Crippen MR) is 94.0 cm³/mol. The van der Waals surface area contributed by atoms with Gasteiger partial charge in [0.05, 0.1) is 5.69 Å². The minimum atomic E-state index is -0.226. The number of benzene rings is 2. The standard InChI is InChI=1S/C19H20N2O4/c1-14-5-4-6-15(11-14)24-12-18(22)20-9-10-21-16-7-2-3-8-17(16)25-13-19(21)23/h2-8,11H,9-10,12-13H2,1H3,(H,20,22). The van der Waals surface area contributed by atoms with Crippen molar-refractivity contribution in [1.82, 2.24) is 5.32 Å². The average Bonchev–Trinajstić information content (AvgIpc) is 2.62. The van der Waals surface area contributed by atoms with E-state index in [-0.39, 0.29) is 25.0 Å². The van der Waals surface area contributed by atoms with Crippen molar-refractivity contribution in [2.45, 2.75) is 6.92 Å². The highest BCUT2D eigenvalue weighted by atomic mass is 16.5. The van der Waals surface area contributed by atoms with Crippen LogP contribution in [0, 0.1) is 6.92 Å². The Balaban J connectivity index is 1.48. The highest BCUT2D eigenvalue weighted by Gasteiger charge is 2.24. The maximum atomic E-state index is 12.0. The number of nitrogens with one attached hydrogen (secondary N) is 1. The molecule has 0 radical (unpaired) electrons. The van der Waals surface area contributed by atoms with Gasteiger partial charge in [-0.3, -0.25) is 9.59 Å². The van der Waals surface area contributed by atoms with Crippen LogP contribution in [-0.4, -0.2) is 38.1 Å². The molecule has 1 aliphatic heterocycles. The fraction of sp³-hybridized carbons (Fsp3) is 0.263. The minimum absolute atomic E-state index is 0.0153. The number of rotatable bonds is 6. The summed E-state index contributed by atoms with van der Waals surface area (Å²) in [6.07, 6.45) is 0. The van der Waals surface area contributed by atoms with Gasteiger partial charge in [-0.25, -0.2) is 0 Å². The highest BCUT2D eigenvalue weighted by Crippen LogP contribution is 2.30. The monoisotopic (exact) mass is 340 g/mol. The van der Waals surface area contributed by atoms with Gasteiger partial charge in [0.2, 0.25) is 0 Å². The molecule has 6 heteroatoms. The summed E-state index contributed by atoms with van der Waals surface area (Å²) in [7, 11) is 0. The number of hydrogen-bond donors (Lipinski definition) is 1. The highest BCUT2D eigenvalue weighted by molar-refractivity contribution is 5.97. The number of carbonyl (C=O) groups excluding carboxylic acids is 2. The summed E-state index contributed by atoms with van der Waals surface area (Å²) in [6, 6.07) is 14.9. The number of ether oxygens (including phenoxy) is 2. The summed E-state index contributed by atoms with van der Waals surface area (Å²) in [5.41, 5.74) is 1.80. The van der Waals surface area contributed by atoms with E-state index in [2.05, 4.69) is 5.32 Å². The van der Waals surface area contributed by atoms with Gasteiger partial charge in [0.15, 0.2) is 13.2 Å². The van der Waals surface area contributed by atoms with Crippen LogP contribution in [0.25, 0.3) is 0 Å². The lowest BCUT2D eigenvalue weighted by atomic mass is 10.2. The smallest absolute Gasteiger partial charge is 0.265 e. The van der Waals surface area contributed by atoms with E-state index in [1.54, 1.807) is 4.90 Å². The zero-order chi connectivity index (χ0) is 17.6. The first kappa shape index (κ1) is 16.8. The molecule has 130 valence electrons. The average molecular weight is 340 g/mol. The van der Waals surface area contributed by atoms with E-state index in [4.69, 9.17) is 9.47 Å². The van der Waals surface area contributed by atoms with Crippen LogP contribution in [0.2, 0.25) is 0 Å². The lowest BCUT2D eigenvalue weighted by molar-refractivity contribution is -0.124. The van der Waals surface area contributed by atoms with E-state index < -0.39 is 0 Å². The molecule has 1 heterocycles. The lowest BCUT2D eigenvalue weighted by Gasteiger charge is -2.29. The third-order valence-corrected chi connectivity index (χ3v) is 3.83. The number of anilines is 1. The number of fused-ring (bicyclic) bond motifs is 1. The molecular formula is C19H20N2O4. The molecule has 0 spiro atoms. The molecule has 1 N–H and O–H groups in total. The van der Waals surface area contributed by atoms with Crippen molar-refractivity contribution in [3.63, 3.8) is 0 Å². The lowest BCUT2D eigenvalue weighted by Crippen LogP contribution is -2.44. The van der Waals surface area contributed by atoms with Gasteiger partial charge < -0.3 is 19.7 Å². The summed E-state index contributed by atoms with van der Waals surface area (Å²) in [6.45, 7) is 2.65. The van der Waals surface area contributed by atoms with Crippen molar-refractivity contribution in [3.05, 3.63) is 54.1 Å². The van der Waals surface area contributed by atoms with E-state index in [0.717, 1.165) is 11.3 Å². The Morgan fingerprint density at radius 1 is 1.24 bits per heavy atom. The molecule has 0 saturated heterocycles. The van der Waals surface area contributed by atoms with Crippen molar-refractivity contribution in [3.8, 4) is 11.5 Å². The van der Waals surface area contributed by atoms with Crippen LogP contribution < -0.4 is 19.7 Å². The van der Waals surface area contributed by atoms with Crippen LogP contribution in [0.4, 0.5) is 5.69 Å². The molecule has 2 aromatic rings. The van der Waals surface area contributed by atoms with E-state index >= 15 is 0 Å². The molecule has 2 aromatic carbocycles. The van der Waals surface area contributed by atoms with E-state index in [0.29, 0.717) is 24.6 Å². The van der Waals surface area contributed by atoms with Gasteiger partial charge in [-0.15, -0.1) is 0 Å². The molecule has 0 atom stereocenters. The zero-order valence-corrected chi connectivity index (χ0v) is 14.0. The third-order valence-electron chi connectivity index (χ3n) is 3.83. The van der Waals surface area contributed by atoms with Crippen molar-refractivity contribution in [1.29, 1.82) is 0 Å². The van der Waals surface area contributed by atoms with Gasteiger partial charge in [0.25, 0.3) is 11.8 Å². The molecule has 0 fully saturated rings. The van der Waals surface area contributed by atoms with Gasteiger partial charge in [-0.1, -0.05) is 24.3 Å². The first-order valence-electron chi connectivity index (χ1n) is 8.12. The second-order valence-corrected chi connectivity index (χ2v) is 5.76. The van der Waals surface area contributed by atoms with Crippen LogP contribution in [-0.2, 0) is 9.59 Å². The predicted octanol–water partition coefficient (Wildman–Crippen LogP) is 1.92. The number of para-hydroxylation sites is 2. The Bertz CT molecular complexity index is 776. The SMILES string of the molecule is Cc1cccc(OCC(=O)NCCN2C(=O)COc3ccccc32)c1. The molecule has 0 bridgehead atoms. The second kappa shape index (κ2) is 7.70. The number of carbonyl (C=O) groups is 2. The Labute approximate surface area is 146 Å². The van der Waals surface area contributed by atoms with Crippen LogP contribution in [0.15, 0.2) is 48.5 Å². The van der Waals surface area contributed by atoms with Crippen LogP contribution >= 0.6 is 0 Å². The van der Waals surface area contributed by atoms with E-state index in [9.17, 15) is 9.59 Å². The Kier molecular flexibility index (Phi) is 5.18. The van der Waals surface area contributed by atoms with Gasteiger partial charge >= 0.3 is 0 Å². The molecule has 0 unspecified atom stereocenters. The second-order valence-electron chi connectivity index (χ2n) is 5.76. The molecule has 3 rings (SSSR count). The van der Waals surface area contributed by atoms with Crippen LogP contribution in [0.3, 0.4) is 0 Å². The van der Waals surface area contributed by atoms with Crippen LogP contribution in [0.5, 0.6) is 11.5 Å².